The lowest BCUT2D eigenvalue weighted by atomic mass is 10.00. The minimum absolute atomic E-state index is 0.148. The quantitative estimate of drug-likeness (QED) is 0.705. The maximum atomic E-state index is 12.0. The van der Waals surface area contributed by atoms with Crippen molar-refractivity contribution in [3.05, 3.63) is 52.9 Å². The average Bonchev–Trinajstić information content (AvgIpc) is 3.08. The van der Waals surface area contributed by atoms with Gasteiger partial charge in [-0.2, -0.15) is 0 Å². The van der Waals surface area contributed by atoms with Crippen molar-refractivity contribution < 1.29 is 19.5 Å². The zero-order valence-corrected chi connectivity index (χ0v) is 13.3. The van der Waals surface area contributed by atoms with E-state index in [0.717, 1.165) is 19.5 Å². The zero-order chi connectivity index (χ0) is 16.9. The number of hydrogen-bond donors (Lipinski definition) is 3. The van der Waals surface area contributed by atoms with E-state index in [1.165, 1.54) is 11.1 Å². The molecule has 0 fully saturated rings. The van der Waals surface area contributed by atoms with Crippen LogP contribution in [0, 0.1) is 0 Å². The highest BCUT2D eigenvalue weighted by Crippen LogP contribution is 2.20. The van der Waals surface area contributed by atoms with Gasteiger partial charge in [0.2, 0.25) is 0 Å². The second kappa shape index (κ2) is 7.57. The predicted molar refractivity (Wildman–Crippen MR) is 86.2 cm³/mol. The molecule has 0 spiro atoms. The van der Waals surface area contributed by atoms with E-state index >= 15 is 0 Å². The van der Waals surface area contributed by atoms with Gasteiger partial charge in [0.1, 0.15) is 0 Å². The van der Waals surface area contributed by atoms with Gasteiger partial charge in [-0.15, -0.1) is 0 Å². The molecule has 0 saturated carbocycles. The predicted octanol–water partition coefficient (Wildman–Crippen LogP) is 0.316. The van der Waals surface area contributed by atoms with E-state index < -0.39 is 11.9 Å². The third-order valence-electron chi connectivity index (χ3n) is 4.16. The standard InChI is InChI=1S/C17H21N3O4/c21-10-14(11-22)18-17(23)16-7-15(24-19-16)9-20-6-5-12-3-1-2-4-13(12)8-20/h1-4,7,14,21-22H,5-6,8-11H2,(H,18,23). The molecule has 2 aromatic rings. The Morgan fingerprint density at radius 1 is 1.29 bits per heavy atom. The van der Waals surface area contributed by atoms with Gasteiger partial charge in [-0.05, 0) is 17.5 Å². The number of nitrogens with one attached hydrogen (secondary N) is 1. The van der Waals surface area contributed by atoms with E-state index in [1.807, 2.05) is 6.07 Å². The van der Waals surface area contributed by atoms with Gasteiger partial charge < -0.3 is 20.1 Å². The Morgan fingerprint density at radius 3 is 2.79 bits per heavy atom. The molecule has 0 radical (unpaired) electrons. The van der Waals surface area contributed by atoms with Gasteiger partial charge in [0.25, 0.3) is 5.91 Å². The molecule has 2 heterocycles. The van der Waals surface area contributed by atoms with Crippen molar-refractivity contribution >= 4 is 5.91 Å². The fourth-order valence-corrected chi connectivity index (χ4v) is 2.81. The molecule has 0 atom stereocenters. The van der Waals surface area contributed by atoms with E-state index in [1.54, 1.807) is 6.07 Å². The van der Waals surface area contributed by atoms with Gasteiger partial charge in [-0.1, -0.05) is 29.4 Å². The molecule has 0 unspecified atom stereocenters. The van der Waals surface area contributed by atoms with Gasteiger partial charge in [0.05, 0.1) is 25.8 Å². The van der Waals surface area contributed by atoms with Crippen LogP contribution in [0.15, 0.2) is 34.9 Å². The van der Waals surface area contributed by atoms with Crippen LogP contribution in [-0.4, -0.2) is 52.0 Å². The second-order valence-corrected chi connectivity index (χ2v) is 5.94. The zero-order valence-electron chi connectivity index (χ0n) is 13.3. The van der Waals surface area contributed by atoms with Crippen LogP contribution in [0.3, 0.4) is 0 Å². The Balaban J connectivity index is 1.60. The Morgan fingerprint density at radius 2 is 2.04 bits per heavy atom. The molecule has 7 heteroatoms. The van der Waals surface area contributed by atoms with Gasteiger partial charge in [0.15, 0.2) is 11.5 Å². The number of aromatic nitrogens is 1. The van der Waals surface area contributed by atoms with Crippen molar-refractivity contribution in [3.63, 3.8) is 0 Å². The van der Waals surface area contributed by atoms with Gasteiger partial charge in [0, 0.05) is 19.2 Å². The van der Waals surface area contributed by atoms with Crippen molar-refractivity contribution in [1.29, 1.82) is 0 Å². The van der Waals surface area contributed by atoms with Crippen molar-refractivity contribution in [3.8, 4) is 0 Å². The Bertz CT molecular complexity index is 697. The van der Waals surface area contributed by atoms with E-state index in [-0.39, 0.29) is 18.9 Å². The van der Waals surface area contributed by atoms with Crippen LogP contribution >= 0.6 is 0 Å². The van der Waals surface area contributed by atoms with Crippen LogP contribution in [0.4, 0.5) is 0 Å². The summed E-state index contributed by atoms with van der Waals surface area (Å²) in [5, 5.41) is 24.3. The molecule has 0 aliphatic carbocycles. The lowest BCUT2D eigenvalue weighted by Crippen LogP contribution is -2.40. The molecule has 0 bridgehead atoms. The highest BCUT2D eigenvalue weighted by atomic mass is 16.5. The van der Waals surface area contributed by atoms with Crippen LogP contribution in [0.1, 0.15) is 27.4 Å². The largest absolute Gasteiger partial charge is 0.394 e. The monoisotopic (exact) mass is 331 g/mol. The van der Waals surface area contributed by atoms with Crippen molar-refractivity contribution in [2.75, 3.05) is 19.8 Å². The van der Waals surface area contributed by atoms with E-state index in [9.17, 15) is 4.79 Å². The smallest absolute Gasteiger partial charge is 0.273 e. The number of hydrogen-bond acceptors (Lipinski definition) is 6. The van der Waals surface area contributed by atoms with Crippen molar-refractivity contribution in [1.82, 2.24) is 15.4 Å². The first-order valence-corrected chi connectivity index (χ1v) is 7.97. The molecule has 1 amide bonds. The summed E-state index contributed by atoms with van der Waals surface area (Å²) in [7, 11) is 0. The second-order valence-electron chi connectivity index (χ2n) is 5.94. The lowest BCUT2D eigenvalue weighted by molar-refractivity contribution is 0.0870. The summed E-state index contributed by atoms with van der Waals surface area (Å²) in [6.07, 6.45) is 0.992. The maximum Gasteiger partial charge on any atom is 0.273 e. The summed E-state index contributed by atoms with van der Waals surface area (Å²) >= 11 is 0. The summed E-state index contributed by atoms with van der Waals surface area (Å²) in [5.41, 5.74) is 2.84. The third-order valence-corrected chi connectivity index (χ3v) is 4.16. The fraction of sp³-hybridized carbons (Fsp3) is 0.412. The normalized spacial score (nSPS) is 14.6. The molecular weight excluding hydrogens is 310 g/mol. The minimum Gasteiger partial charge on any atom is -0.394 e. The molecule has 1 aromatic carbocycles. The lowest BCUT2D eigenvalue weighted by Gasteiger charge is -2.27. The summed E-state index contributed by atoms with van der Waals surface area (Å²) in [5.74, 6) is 0.145. The number of amides is 1. The topological polar surface area (TPSA) is 98.8 Å². The van der Waals surface area contributed by atoms with Gasteiger partial charge >= 0.3 is 0 Å². The summed E-state index contributed by atoms with van der Waals surface area (Å²) < 4.78 is 5.25. The minimum atomic E-state index is -0.698. The molecule has 1 aromatic heterocycles. The molecule has 1 aliphatic heterocycles. The van der Waals surface area contributed by atoms with Crippen LogP contribution in [0.2, 0.25) is 0 Å². The van der Waals surface area contributed by atoms with Crippen LogP contribution in [0.5, 0.6) is 0 Å². The maximum absolute atomic E-state index is 12.0. The van der Waals surface area contributed by atoms with Crippen LogP contribution < -0.4 is 5.32 Å². The Kier molecular flexibility index (Phi) is 5.24. The first kappa shape index (κ1) is 16.6. The number of aliphatic hydroxyl groups excluding tert-OH is 2. The summed E-state index contributed by atoms with van der Waals surface area (Å²) in [6.45, 7) is 1.68. The third kappa shape index (κ3) is 3.81. The van der Waals surface area contributed by atoms with E-state index in [4.69, 9.17) is 14.7 Å². The van der Waals surface area contributed by atoms with Crippen LogP contribution in [-0.2, 0) is 19.5 Å². The fourth-order valence-electron chi connectivity index (χ4n) is 2.81. The number of fused-ring (bicyclic) bond motifs is 1. The molecule has 3 rings (SSSR count). The molecule has 3 N–H and O–H groups in total. The van der Waals surface area contributed by atoms with E-state index in [0.29, 0.717) is 12.3 Å². The molecular formula is C17H21N3O4. The van der Waals surface area contributed by atoms with Gasteiger partial charge in [-0.3, -0.25) is 9.69 Å². The molecule has 1 aliphatic rings. The summed E-state index contributed by atoms with van der Waals surface area (Å²) in [6, 6.07) is 9.28. The molecule has 7 nitrogen and oxygen atoms in total. The number of benzene rings is 1. The highest BCUT2D eigenvalue weighted by molar-refractivity contribution is 5.92. The number of rotatable bonds is 6. The van der Waals surface area contributed by atoms with E-state index in [2.05, 4.69) is 33.6 Å². The molecule has 128 valence electrons. The number of nitrogens with zero attached hydrogens (tertiary/aromatic N) is 2. The van der Waals surface area contributed by atoms with Crippen LogP contribution in [0.25, 0.3) is 0 Å². The van der Waals surface area contributed by atoms with Gasteiger partial charge in [-0.25, -0.2) is 0 Å². The first-order valence-electron chi connectivity index (χ1n) is 7.97. The number of carbonyl (C=O) groups excluding carboxylic acids is 1. The Hall–Kier alpha value is -2.22. The number of aliphatic hydroxyl groups is 2. The number of carbonyl (C=O) groups is 1. The molecule has 0 saturated heterocycles. The average molecular weight is 331 g/mol. The highest BCUT2D eigenvalue weighted by Gasteiger charge is 2.20. The van der Waals surface area contributed by atoms with Crippen molar-refractivity contribution in [2.24, 2.45) is 0 Å². The van der Waals surface area contributed by atoms with Crippen molar-refractivity contribution in [2.45, 2.75) is 25.6 Å². The first-order chi connectivity index (χ1) is 11.7. The SMILES string of the molecule is O=C(NC(CO)CO)c1cc(CN2CCc3ccccc3C2)on1. The molecule has 24 heavy (non-hydrogen) atoms. The Labute approximate surface area is 139 Å². The summed E-state index contributed by atoms with van der Waals surface area (Å²) in [4.78, 5) is 14.2.